The van der Waals surface area contributed by atoms with E-state index >= 15 is 0 Å². The van der Waals surface area contributed by atoms with Gasteiger partial charge in [0.2, 0.25) is 0 Å². The highest BCUT2D eigenvalue weighted by Gasteiger charge is 2.31. The van der Waals surface area contributed by atoms with Gasteiger partial charge in [-0.2, -0.15) is 0 Å². The molecule has 0 spiro atoms. The van der Waals surface area contributed by atoms with Crippen molar-refractivity contribution in [3.05, 3.63) is 28.7 Å². The van der Waals surface area contributed by atoms with Crippen molar-refractivity contribution >= 4 is 21.6 Å². The fraction of sp³-hybridized carbons (Fsp3) is 0.500. The number of nitrogens with zero attached hydrogens (tertiary/aromatic N) is 1. The summed E-state index contributed by atoms with van der Waals surface area (Å²) in [7, 11) is 0. The van der Waals surface area contributed by atoms with Crippen molar-refractivity contribution in [3.8, 4) is 0 Å². The zero-order valence-corrected chi connectivity index (χ0v) is 10.8. The van der Waals surface area contributed by atoms with Crippen LogP contribution in [0.15, 0.2) is 28.7 Å². The van der Waals surface area contributed by atoms with Crippen molar-refractivity contribution in [2.45, 2.75) is 18.4 Å². The van der Waals surface area contributed by atoms with Gasteiger partial charge < -0.3 is 15.7 Å². The lowest BCUT2D eigenvalue weighted by atomic mass is 9.91. The summed E-state index contributed by atoms with van der Waals surface area (Å²) in [6.45, 7) is 2.07. The molecule has 0 aliphatic carbocycles. The monoisotopic (exact) mass is 284 g/mol. The van der Waals surface area contributed by atoms with Gasteiger partial charge in [-0.1, -0.05) is 12.1 Å². The first-order valence-corrected chi connectivity index (χ1v) is 6.36. The standard InChI is InChI=1S/C12H17BrN2O/c13-10-3-1-2-4-11(10)15-7-5-12(16,9-14)6-8-15/h1-4,16H,5-9,14H2. The molecule has 3 nitrogen and oxygen atoms in total. The molecule has 1 saturated heterocycles. The minimum absolute atomic E-state index is 0.358. The van der Waals surface area contributed by atoms with Crippen LogP contribution in [0, 0.1) is 0 Å². The van der Waals surface area contributed by atoms with Crippen LogP contribution in [0.2, 0.25) is 0 Å². The second-order valence-corrected chi connectivity index (χ2v) is 5.22. The van der Waals surface area contributed by atoms with Crippen molar-refractivity contribution in [3.63, 3.8) is 0 Å². The topological polar surface area (TPSA) is 49.5 Å². The van der Waals surface area contributed by atoms with E-state index in [0.717, 1.165) is 30.4 Å². The van der Waals surface area contributed by atoms with Gasteiger partial charge in [0.25, 0.3) is 0 Å². The summed E-state index contributed by atoms with van der Waals surface area (Å²) in [6, 6.07) is 8.17. The number of hydrogen-bond acceptors (Lipinski definition) is 3. The summed E-state index contributed by atoms with van der Waals surface area (Å²) in [6.07, 6.45) is 1.48. The third kappa shape index (κ3) is 2.39. The van der Waals surface area contributed by atoms with Crippen LogP contribution in [0.4, 0.5) is 5.69 Å². The summed E-state index contributed by atoms with van der Waals surface area (Å²) < 4.78 is 1.10. The molecule has 88 valence electrons. The SMILES string of the molecule is NCC1(O)CCN(c2ccccc2Br)CC1. The lowest BCUT2D eigenvalue weighted by Crippen LogP contribution is -2.48. The molecule has 1 heterocycles. The van der Waals surface area contributed by atoms with Gasteiger partial charge in [-0.15, -0.1) is 0 Å². The lowest BCUT2D eigenvalue weighted by Gasteiger charge is -2.38. The van der Waals surface area contributed by atoms with E-state index in [0.29, 0.717) is 6.54 Å². The Balaban J connectivity index is 2.07. The third-order valence-electron chi connectivity index (χ3n) is 3.27. The molecule has 0 amide bonds. The minimum Gasteiger partial charge on any atom is -0.388 e. The molecule has 1 aliphatic heterocycles. The summed E-state index contributed by atoms with van der Waals surface area (Å²) in [5.41, 5.74) is 6.11. The molecule has 3 N–H and O–H groups in total. The molecule has 0 atom stereocenters. The maximum Gasteiger partial charge on any atom is 0.0803 e. The molecule has 16 heavy (non-hydrogen) atoms. The second kappa shape index (κ2) is 4.73. The Morgan fingerprint density at radius 3 is 2.50 bits per heavy atom. The number of para-hydroxylation sites is 1. The highest BCUT2D eigenvalue weighted by atomic mass is 79.9. The lowest BCUT2D eigenvalue weighted by molar-refractivity contribution is 0.0250. The molecule has 4 heteroatoms. The van der Waals surface area contributed by atoms with Gasteiger partial charge in [-0.25, -0.2) is 0 Å². The predicted octanol–water partition coefficient (Wildman–Crippen LogP) is 1.74. The molecular weight excluding hydrogens is 268 g/mol. The highest BCUT2D eigenvalue weighted by molar-refractivity contribution is 9.10. The van der Waals surface area contributed by atoms with E-state index in [1.807, 2.05) is 18.2 Å². The normalized spacial score (nSPS) is 19.8. The minimum atomic E-state index is -0.655. The van der Waals surface area contributed by atoms with E-state index in [1.165, 1.54) is 5.69 Å². The number of aliphatic hydroxyl groups is 1. The number of hydrogen-bond donors (Lipinski definition) is 2. The first-order valence-electron chi connectivity index (χ1n) is 5.56. The van der Waals surface area contributed by atoms with Gasteiger partial charge in [-0.3, -0.25) is 0 Å². The van der Waals surface area contributed by atoms with Gasteiger partial charge in [0.1, 0.15) is 0 Å². The summed E-state index contributed by atoms with van der Waals surface area (Å²) in [4.78, 5) is 2.29. The summed E-state index contributed by atoms with van der Waals surface area (Å²) >= 11 is 3.55. The third-order valence-corrected chi connectivity index (χ3v) is 3.94. The zero-order chi connectivity index (χ0) is 11.6. The van der Waals surface area contributed by atoms with Crippen molar-refractivity contribution in [1.82, 2.24) is 0 Å². The summed E-state index contributed by atoms with van der Waals surface area (Å²) in [5.74, 6) is 0. The molecular formula is C12H17BrN2O. The van der Waals surface area contributed by atoms with Crippen LogP contribution in [-0.4, -0.2) is 30.3 Å². The second-order valence-electron chi connectivity index (χ2n) is 4.37. The fourth-order valence-corrected chi connectivity index (χ4v) is 2.61. The molecule has 0 aromatic heterocycles. The number of anilines is 1. The first-order chi connectivity index (χ1) is 7.64. The Kier molecular flexibility index (Phi) is 3.52. The van der Waals surface area contributed by atoms with E-state index in [-0.39, 0.29) is 0 Å². The van der Waals surface area contributed by atoms with Crippen LogP contribution in [0.25, 0.3) is 0 Å². The highest BCUT2D eigenvalue weighted by Crippen LogP contribution is 2.30. The van der Waals surface area contributed by atoms with Crippen molar-refractivity contribution < 1.29 is 5.11 Å². The molecule has 1 aromatic carbocycles. The quantitative estimate of drug-likeness (QED) is 0.870. The molecule has 0 unspecified atom stereocenters. The Hall–Kier alpha value is -0.580. The first kappa shape index (κ1) is 11.9. The Bertz CT molecular complexity index is 362. The number of rotatable bonds is 2. The van der Waals surface area contributed by atoms with Gasteiger partial charge in [-0.05, 0) is 40.9 Å². The van der Waals surface area contributed by atoms with Crippen LogP contribution in [-0.2, 0) is 0 Å². The van der Waals surface area contributed by atoms with E-state index < -0.39 is 5.60 Å². The van der Waals surface area contributed by atoms with Gasteiger partial charge >= 0.3 is 0 Å². The molecule has 1 aliphatic rings. The molecule has 2 rings (SSSR count). The number of benzene rings is 1. The zero-order valence-electron chi connectivity index (χ0n) is 9.19. The fourth-order valence-electron chi connectivity index (χ4n) is 2.08. The summed E-state index contributed by atoms with van der Waals surface area (Å²) in [5, 5.41) is 10.1. The van der Waals surface area contributed by atoms with Gasteiger partial charge in [0.05, 0.1) is 11.3 Å². The molecule has 1 fully saturated rings. The van der Waals surface area contributed by atoms with Crippen LogP contribution >= 0.6 is 15.9 Å². The van der Waals surface area contributed by atoms with Crippen LogP contribution < -0.4 is 10.6 Å². The van der Waals surface area contributed by atoms with Crippen molar-refractivity contribution in [2.24, 2.45) is 5.73 Å². The van der Waals surface area contributed by atoms with Crippen molar-refractivity contribution in [1.29, 1.82) is 0 Å². The van der Waals surface area contributed by atoms with Crippen LogP contribution in [0.5, 0.6) is 0 Å². The Labute approximate surface area is 104 Å². The average Bonchev–Trinajstić information content (AvgIpc) is 2.31. The van der Waals surface area contributed by atoms with E-state index in [2.05, 4.69) is 26.9 Å². The number of halogens is 1. The largest absolute Gasteiger partial charge is 0.388 e. The maximum atomic E-state index is 10.1. The number of piperidine rings is 1. The maximum absolute atomic E-state index is 10.1. The number of nitrogens with two attached hydrogens (primary N) is 1. The van der Waals surface area contributed by atoms with E-state index in [4.69, 9.17) is 5.73 Å². The van der Waals surface area contributed by atoms with Crippen molar-refractivity contribution in [2.75, 3.05) is 24.5 Å². The molecule has 0 bridgehead atoms. The molecule has 0 saturated carbocycles. The molecule has 0 radical (unpaired) electrons. The van der Waals surface area contributed by atoms with Crippen LogP contribution in [0.3, 0.4) is 0 Å². The average molecular weight is 285 g/mol. The molecule has 1 aromatic rings. The Morgan fingerprint density at radius 1 is 1.31 bits per heavy atom. The smallest absolute Gasteiger partial charge is 0.0803 e. The van der Waals surface area contributed by atoms with E-state index in [1.54, 1.807) is 0 Å². The van der Waals surface area contributed by atoms with Crippen LogP contribution in [0.1, 0.15) is 12.8 Å². The van der Waals surface area contributed by atoms with Gasteiger partial charge in [0.15, 0.2) is 0 Å². The predicted molar refractivity (Wildman–Crippen MR) is 69.6 cm³/mol. The Morgan fingerprint density at radius 2 is 1.94 bits per heavy atom. The van der Waals surface area contributed by atoms with Gasteiger partial charge in [0, 0.05) is 24.1 Å². The van der Waals surface area contributed by atoms with E-state index in [9.17, 15) is 5.11 Å².